The predicted octanol–water partition coefficient (Wildman–Crippen LogP) is 9.17. The van der Waals surface area contributed by atoms with Crippen molar-refractivity contribution in [1.29, 1.82) is 0 Å². The molecule has 0 unspecified atom stereocenters. The van der Waals surface area contributed by atoms with E-state index in [1.807, 2.05) is 118 Å². The van der Waals surface area contributed by atoms with Crippen molar-refractivity contribution in [3.8, 4) is 0 Å². The maximum Gasteiger partial charge on any atom is 0.0717 e. The van der Waals surface area contributed by atoms with Gasteiger partial charge in [0, 0.05) is 9.81 Å². The molecule has 4 heterocycles. The summed E-state index contributed by atoms with van der Waals surface area (Å²) >= 11 is 18.9. The van der Waals surface area contributed by atoms with Gasteiger partial charge in [0.2, 0.25) is 0 Å². The molecule has 0 aromatic heterocycles. The van der Waals surface area contributed by atoms with Crippen LogP contribution in [0.25, 0.3) is 0 Å². The highest BCUT2D eigenvalue weighted by Gasteiger charge is 2.29. The molecule has 0 atom stereocenters. The van der Waals surface area contributed by atoms with E-state index in [2.05, 4.69) is 34.1 Å². The van der Waals surface area contributed by atoms with Gasteiger partial charge in [-0.1, -0.05) is 94.1 Å². The Balaban J connectivity index is 1.43. The Hall–Kier alpha value is 1.94. The molecule has 0 radical (unpaired) electrons. The largest absolute Gasteiger partial charge is 0.121 e. The number of hydrogen-bond acceptors (Lipinski definition) is 10. The van der Waals surface area contributed by atoms with Crippen molar-refractivity contribution >= 4 is 118 Å². The Morgan fingerprint density at radius 1 is 0.583 bits per heavy atom. The first kappa shape index (κ1) is 19.3. The lowest BCUT2D eigenvalue weighted by Crippen LogP contribution is -1.74. The molecular formula is C14H10S10. The topological polar surface area (TPSA) is 0 Å². The van der Waals surface area contributed by atoms with Crippen molar-refractivity contribution in [3.05, 3.63) is 56.9 Å². The lowest BCUT2D eigenvalue weighted by molar-refractivity contribution is 1.96. The van der Waals surface area contributed by atoms with Gasteiger partial charge in [-0.2, -0.15) is 0 Å². The Kier molecular flexibility index (Phi) is 7.19. The maximum atomic E-state index is 2.32. The number of hydrogen-bond donors (Lipinski definition) is 0. The van der Waals surface area contributed by atoms with Gasteiger partial charge in [-0.25, -0.2) is 0 Å². The van der Waals surface area contributed by atoms with Gasteiger partial charge in [0.05, 0.1) is 25.4 Å². The van der Waals surface area contributed by atoms with Crippen LogP contribution in [0.5, 0.6) is 0 Å². The molecule has 4 aliphatic heterocycles. The summed E-state index contributed by atoms with van der Waals surface area (Å²) in [6.45, 7) is 0. The van der Waals surface area contributed by atoms with Crippen LogP contribution in [0.15, 0.2) is 56.9 Å². The second kappa shape index (κ2) is 8.96. The van der Waals surface area contributed by atoms with Gasteiger partial charge in [-0.05, 0) is 34.1 Å². The summed E-state index contributed by atoms with van der Waals surface area (Å²) in [5.41, 5.74) is 0. The zero-order chi connectivity index (χ0) is 16.5. The molecule has 24 heavy (non-hydrogen) atoms. The van der Waals surface area contributed by atoms with Crippen molar-refractivity contribution in [1.82, 2.24) is 0 Å². The Morgan fingerprint density at radius 3 is 1.58 bits per heavy atom. The smallest absolute Gasteiger partial charge is 0.0717 e. The quantitative estimate of drug-likeness (QED) is 0.367. The molecule has 0 aliphatic carbocycles. The molecule has 10 heteroatoms. The summed E-state index contributed by atoms with van der Waals surface area (Å²) in [6.07, 6.45) is 4.34. The zero-order valence-electron chi connectivity index (χ0n) is 12.4. The molecule has 0 fully saturated rings. The third-order valence-electron chi connectivity index (χ3n) is 2.84. The highest BCUT2D eigenvalue weighted by molar-refractivity contribution is 8.42. The monoisotopic (exact) mass is 498 g/mol. The number of thioether (sulfide) groups is 10. The highest BCUT2D eigenvalue weighted by atomic mass is 32.3. The normalized spacial score (nSPS) is 23.9. The average molecular weight is 499 g/mol. The molecule has 0 aromatic carbocycles. The summed E-state index contributed by atoms with van der Waals surface area (Å²) in [7, 11) is 0. The van der Waals surface area contributed by atoms with Crippen molar-refractivity contribution in [2.45, 2.75) is 0 Å². The fourth-order valence-corrected chi connectivity index (χ4v) is 14.1. The van der Waals surface area contributed by atoms with Gasteiger partial charge >= 0.3 is 0 Å². The van der Waals surface area contributed by atoms with E-state index in [4.69, 9.17) is 0 Å². The van der Waals surface area contributed by atoms with Crippen molar-refractivity contribution in [2.75, 3.05) is 12.5 Å². The fraction of sp³-hybridized carbons (Fsp3) is 0.143. The summed E-state index contributed by atoms with van der Waals surface area (Å²) < 4.78 is 8.64. The highest BCUT2D eigenvalue weighted by Crippen LogP contribution is 2.64. The SMILES string of the molecule is CSC1=C(SC)SC(=C2SC=C(C3=CSC(=C4SC=CS4)S3)S2)S1. The van der Waals surface area contributed by atoms with Gasteiger partial charge in [0.25, 0.3) is 0 Å². The van der Waals surface area contributed by atoms with Crippen molar-refractivity contribution in [3.63, 3.8) is 0 Å². The first-order valence-electron chi connectivity index (χ1n) is 6.53. The van der Waals surface area contributed by atoms with Crippen LogP contribution in [0.2, 0.25) is 0 Å². The average Bonchev–Trinajstić information content (AvgIpc) is 3.40. The summed E-state index contributed by atoms with van der Waals surface area (Å²) in [4.78, 5) is 2.81. The Labute approximate surface area is 185 Å². The molecular weight excluding hydrogens is 489 g/mol. The molecule has 0 saturated carbocycles. The van der Waals surface area contributed by atoms with E-state index in [9.17, 15) is 0 Å². The summed E-state index contributed by atoms with van der Waals surface area (Å²) in [6, 6.07) is 0. The van der Waals surface area contributed by atoms with Crippen LogP contribution in [-0.2, 0) is 0 Å². The van der Waals surface area contributed by atoms with E-state index in [1.165, 1.54) is 35.2 Å². The lowest BCUT2D eigenvalue weighted by Gasteiger charge is -2.04. The van der Waals surface area contributed by atoms with Crippen LogP contribution in [0.3, 0.4) is 0 Å². The second-order valence-corrected chi connectivity index (χ2v) is 15.2. The van der Waals surface area contributed by atoms with E-state index in [1.54, 1.807) is 0 Å². The molecule has 0 bridgehead atoms. The Bertz CT molecular complexity index is 724. The first-order chi connectivity index (χ1) is 11.8. The molecule has 0 amide bonds. The molecule has 4 aliphatic rings. The van der Waals surface area contributed by atoms with E-state index in [0.29, 0.717) is 0 Å². The van der Waals surface area contributed by atoms with Crippen LogP contribution in [0.1, 0.15) is 0 Å². The second-order valence-electron chi connectivity index (χ2n) is 4.25. The lowest BCUT2D eigenvalue weighted by atomic mass is 10.6. The van der Waals surface area contributed by atoms with Crippen LogP contribution >= 0.6 is 118 Å². The van der Waals surface area contributed by atoms with Gasteiger partial charge in [-0.3, -0.25) is 0 Å². The maximum absolute atomic E-state index is 2.32. The molecule has 0 spiro atoms. The van der Waals surface area contributed by atoms with E-state index < -0.39 is 0 Å². The predicted molar refractivity (Wildman–Crippen MR) is 134 cm³/mol. The summed E-state index contributed by atoms with van der Waals surface area (Å²) in [5.74, 6) is 0. The molecule has 4 rings (SSSR count). The van der Waals surface area contributed by atoms with Crippen LogP contribution in [0.4, 0.5) is 0 Å². The van der Waals surface area contributed by atoms with Gasteiger partial charge in [-0.15, -0.1) is 23.5 Å². The van der Waals surface area contributed by atoms with Gasteiger partial charge in [0.1, 0.15) is 0 Å². The van der Waals surface area contributed by atoms with Crippen LogP contribution in [0, 0.1) is 0 Å². The van der Waals surface area contributed by atoms with E-state index in [0.717, 1.165) is 0 Å². The third-order valence-corrected chi connectivity index (χ3v) is 16.2. The van der Waals surface area contributed by atoms with E-state index in [-0.39, 0.29) is 0 Å². The summed E-state index contributed by atoms with van der Waals surface area (Å²) in [5, 5.41) is 8.97. The van der Waals surface area contributed by atoms with Gasteiger partial charge < -0.3 is 0 Å². The van der Waals surface area contributed by atoms with Crippen molar-refractivity contribution in [2.24, 2.45) is 0 Å². The molecule has 0 aromatic rings. The minimum absolute atomic E-state index is 1.40. The molecule has 126 valence electrons. The van der Waals surface area contributed by atoms with Crippen molar-refractivity contribution < 1.29 is 0 Å². The molecule has 0 nitrogen and oxygen atoms in total. The standard InChI is InChI=1S/C14H10S10/c1-15-9-10(16-2)24-14(23-9)13-20-6-8(22-13)7-5-19-12(21-7)11-17-3-4-18-11/h3-6H,1-2H3. The zero-order valence-corrected chi connectivity index (χ0v) is 20.6. The van der Waals surface area contributed by atoms with Gasteiger partial charge in [0.15, 0.2) is 0 Å². The minimum Gasteiger partial charge on any atom is -0.121 e. The van der Waals surface area contributed by atoms with E-state index >= 15 is 0 Å². The third kappa shape index (κ3) is 4.17. The molecule has 0 saturated heterocycles. The first-order valence-corrected chi connectivity index (χ1v) is 15.8. The van der Waals surface area contributed by atoms with Crippen LogP contribution in [-0.4, -0.2) is 12.5 Å². The minimum atomic E-state index is 1.40. The Morgan fingerprint density at radius 2 is 1.08 bits per heavy atom. The van der Waals surface area contributed by atoms with Crippen LogP contribution < -0.4 is 0 Å². The fourth-order valence-electron chi connectivity index (χ4n) is 1.82. The number of rotatable bonds is 3. The molecule has 0 N–H and O–H groups in total.